The first-order valence-corrected chi connectivity index (χ1v) is 8.18. The van der Waals surface area contributed by atoms with E-state index in [4.69, 9.17) is 0 Å². The average molecular weight is 320 g/mol. The van der Waals surface area contributed by atoms with Gasteiger partial charge in [0.15, 0.2) is 0 Å². The highest BCUT2D eigenvalue weighted by Crippen LogP contribution is 2.23. The van der Waals surface area contributed by atoms with Crippen molar-refractivity contribution in [3.63, 3.8) is 0 Å². The first-order valence-electron chi connectivity index (χ1n) is 5.35. The van der Waals surface area contributed by atoms with Gasteiger partial charge in [-0.25, -0.2) is 0 Å². The average Bonchev–Trinajstić information content (AvgIpc) is 2.74. The molecule has 0 aliphatic carbocycles. The SMILES string of the molecule is O=C(NCC1CCSCC1)c1csc(Br)c1. The molecule has 0 saturated carbocycles. The molecule has 0 bridgehead atoms. The fraction of sp³-hybridized carbons (Fsp3) is 0.545. The zero-order valence-corrected chi connectivity index (χ0v) is 12.1. The number of carbonyl (C=O) groups is 1. The third kappa shape index (κ3) is 3.50. The van der Waals surface area contributed by atoms with Crippen LogP contribution in [0, 0.1) is 5.92 Å². The minimum absolute atomic E-state index is 0.0557. The predicted molar refractivity (Wildman–Crippen MR) is 74.4 cm³/mol. The summed E-state index contributed by atoms with van der Waals surface area (Å²) in [6.45, 7) is 0.826. The highest BCUT2D eigenvalue weighted by atomic mass is 79.9. The monoisotopic (exact) mass is 319 g/mol. The number of hydrogen-bond donors (Lipinski definition) is 1. The Bertz CT molecular complexity index is 361. The molecule has 1 fully saturated rings. The Hall–Kier alpha value is -0.000000000000000111. The highest BCUT2D eigenvalue weighted by Gasteiger charge is 2.15. The van der Waals surface area contributed by atoms with Crippen molar-refractivity contribution >= 4 is 44.9 Å². The molecule has 1 aromatic heterocycles. The molecule has 1 aromatic rings. The molecule has 1 aliphatic heterocycles. The van der Waals surface area contributed by atoms with E-state index in [0.717, 1.165) is 15.9 Å². The van der Waals surface area contributed by atoms with Crippen molar-refractivity contribution in [2.24, 2.45) is 5.92 Å². The first-order chi connectivity index (χ1) is 7.75. The van der Waals surface area contributed by atoms with E-state index in [1.807, 2.05) is 23.2 Å². The Kier molecular flexibility index (Phi) is 4.73. The third-order valence-corrected chi connectivity index (χ3v) is 5.28. The molecule has 0 radical (unpaired) electrons. The summed E-state index contributed by atoms with van der Waals surface area (Å²) in [4.78, 5) is 11.8. The second kappa shape index (κ2) is 6.07. The normalized spacial score (nSPS) is 17.3. The molecule has 1 aliphatic rings. The Balaban J connectivity index is 1.79. The van der Waals surface area contributed by atoms with Gasteiger partial charge < -0.3 is 5.32 Å². The second-order valence-corrected chi connectivity index (χ2v) is 7.42. The van der Waals surface area contributed by atoms with Crippen LogP contribution in [-0.2, 0) is 0 Å². The smallest absolute Gasteiger partial charge is 0.252 e. The lowest BCUT2D eigenvalue weighted by Crippen LogP contribution is -2.30. The van der Waals surface area contributed by atoms with Gasteiger partial charge in [0.05, 0.1) is 9.35 Å². The molecule has 0 unspecified atom stereocenters. The van der Waals surface area contributed by atoms with Crippen molar-refractivity contribution in [3.05, 3.63) is 20.8 Å². The molecule has 88 valence electrons. The van der Waals surface area contributed by atoms with Crippen LogP contribution >= 0.6 is 39.0 Å². The van der Waals surface area contributed by atoms with Crippen molar-refractivity contribution in [3.8, 4) is 0 Å². The number of rotatable bonds is 3. The maximum atomic E-state index is 11.8. The zero-order chi connectivity index (χ0) is 11.4. The molecule has 2 nitrogen and oxygen atoms in total. The zero-order valence-electron chi connectivity index (χ0n) is 8.87. The number of halogens is 1. The van der Waals surface area contributed by atoms with E-state index in [1.54, 1.807) is 11.3 Å². The van der Waals surface area contributed by atoms with Gasteiger partial charge in [0.1, 0.15) is 0 Å². The van der Waals surface area contributed by atoms with Crippen LogP contribution in [-0.4, -0.2) is 24.0 Å². The minimum atomic E-state index is 0.0557. The number of nitrogens with one attached hydrogen (secondary N) is 1. The molecule has 5 heteroatoms. The van der Waals surface area contributed by atoms with E-state index in [9.17, 15) is 4.79 Å². The molecular weight excluding hydrogens is 306 g/mol. The second-order valence-electron chi connectivity index (χ2n) is 3.91. The van der Waals surface area contributed by atoms with Gasteiger partial charge in [0.25, 0.3) is 5.91 Å². The lowest BCUT2D eigenvalue weighted by molar-refractivity contribution is 0.0947. The lowest BCUT2D eigenvalue weighted by atomic mass is 10.0. The molecule has 1 saturated heterocycles. The van der Waals surface area contributed by atoms with Crippen molar-refractivity contribution < 1.29 is 4.79 Å². The summed E-state index contributed by atoms with van der Waals surface area (Å²) in [5.41, 5.74) is 0.766. The molecular formula is C11H14BrNOS2. The van der Waals surface area contributed by atoms with Crippen LogP contribution < -0.4 is 5.32 Å². The maximum Gasteiger partial charge on any atom is 0.252 e. The molecule has 0 atom stereocenters. The van der Waals surface area contributed by atoms with Crippen molar-refractivity contribution in [2.75, 3.05) is 18.1 Å². The van der Waals surface area contributed by atoms with E-state index in [2.05, 4.69) is 21.2 Å². The highest BCUT2D eigenvalue weighted by molar-refractivity contribution is 9.11. The van der Waals surface area contributed by atoms with E-state index >= 15 is 0 Å². The number of hydrogen-bond acceptors (Lipinski definition) is 3. The van der Waals surface area contributed by atoms with E-state index in [1.165, 1.54) is 24.3 Å². The van der Waals surface area contributed by atoms with Crippen LogP contribution in [0.25, 0.3) is 0 Å². The topological polar surface area (TPSA) is 29.1 Å². The van der Waals surface area contributed by atoms with Gasteiger partial charge in [-0.15, -0.1) is 11.3 Å². The van der Waals surface area contributed by atoms with Gasteiger partial charge in [0.2, 0.25) is 0 Å². The Morgan fingerprint density at radius 2 is 2.25 bits per heavy atom. The minimum Gasteiger partial charge on any atom is -0.352 e. The van der Waals surface area contributed by atoms with Gasteiger partial charge in [-0.05, 0) is 52.3 Å². The summed E-state index contributed by atoms with van der Waals surface area (Å²) in [6.07, 6.45) is 2.47. The standard InChI is InChI=1S/C11H14BrNOS2/c12-10-5-9(7-16-10)11(14)13-6-8-1-3-15-4-2-8/h5,7-8H,1-4,6H2,(H,13,14). The van der Waals surface area contributed by atoms with Crippen molar-refractivity contribution in [1.29, 1.82) is 0 Å². The lowest BCUT2D eigenvalue weighted by Gasteiger charge is -2.21. The predicted octanol–water partition coefficient (Wildman–Crippen LogP) is 3.38. The van der Waals surface area contributed by atoms with Crippen LogP contribution in [0.3, 0.4) is 0 Å². The third-order valence-electron chi connectivity index (χ3n) is 2.72. The number of amides is 1. The molecule has 0 aromatic carbocycles. The van der Waals surface area contributed by atoms with E-state index in [0.29, 0.717) is 5.92 Å². The van der Waals surface area contributed by atoms with Crippen LogP contribution in [0.4, 0.5) is 0 Å². The molecule has 2 heterocycles. The largest absolute Gasteiger partial charge is 0.352 e. The summed E-state index contributed by atoms with van der Waals surface area (Å²) in [6, 6.07) is 1.87. The van der Waals surface area contributed by atoms with Gasteiger partial charge in [-0.2, -0.15) is 11.8 Å². The molecule has 1 amide bonds. The van der Waals surface area contributed by atoms with Crippen LogP contribution in [0.5, 0.6) is 0 Å². The summed E-state index contributed by atoms with van der Waals surface area (Å²) in [5, 5.41) is 4.90. The quantitative estimate of drug-likeness (QED) is 0.925. The Morgan fingerprint density at radius 1 is 1.50 bits per heavy atom. The maximum absolute atomic E-state index is 11.8. The van der Waals surface area contributed by atoms with Gasteiger partial charge >= 0.3 is 0 Å². The summed E-state index contributed by atoms with van der Waals surface area (Å²) in [5.74, 6) is 3.21. The van der Waals surface area contributed by atoms with Crippen molar-refractivity contribution in [2.45, 2.75) is 12.8 Å². The van der Waals surface area contributed by atoms with Crippen LogP contribution in [0.2, 0.25) is 0 Å². The summed E-state index contributed by atoms with van der Waals surface area (Å²) < 4.78 is 1.01. The number of thioether (sulfide) groups is 1. The number of thiophene rings is 1. The van der Waals surface area contributed by atoms with E-state index in [-0.39, 0.29) is 5.91 Å². The summed E-state index contributed by atoms with van der Waals surface area (Å²) >= 11 is 6.93. The van der Waals surface area contributed by atoms with E-state index < -0.39 is 0 Å². The first kappa shape index (κ1) is 12.5. The molecule has 16 heavy (non-hydrogen) atoms. The summed E-state index contributed by atoms with van der Waals surface area (Å²) in [7, 11) is 0. The fourth-order valence-electron chi connectivity index (χ4n) is 1.72. The Labute approximate surface area is 112 Å². The number of carbonyl (C=O) groups excluding carboxylic acids is 1. The van der Waals surface area contributed by atoms with Gasteiger partial charge in [-0.1, -0.05) is 0 Å². The molecule has 2 rings (SSSR count). The van der Waals surface area contributed by atoms with Crippen LogP contribution in [0.1, 0.15) is 23.2 Å². The van der Waals surface area contributed by atoms with Crippen LogP contribution in [0.15, 0.2) is 15.2 Å². The molecule has 0 spiro atoms. The fourth-order valence-corrected chi connectivity index (χ4v) is 4.06. The van der Waals surface area contributed by atoms with Crippen molar-refractivity contribution in [1.82, 2.24) is 5.32 Å². The molecule has 1 N–H and O–H groups in total. The van der Waals surface area contributed by atoms with Gasteiger partial charge in [0, 0.05) is 11.9 Å². The Morgan fingerprint density at radius 3 is 2.88 bits per heavy atom. The van der Waals surface area contributed by atoms with Gasteiger partial charge in [-0.3, -0.25) is 4.79 Å².